The number of hydrogen-bond donors (Lipinski definition) is 2. The molecule has 0 aliphatic heterocycles. The molecule has 0 radical (unpaired) electrons. The summed E-state index contributed by atoms with van der Waals surface area (Å²) in [4.78, 5) is 46.6. The van der Waals surface area contributed by atoms with Gasteiger partial charge in [0.25, 0.3) is 18.1 Å². The summed E-state index contributed by atoms with van der Waals surface area (Å²) in [5.41, 5.74) is 2.15. The molecular formula is C32H21Br2N8O4+. The van der Waals surface area contributed by atoms with Crippen LogP contribution in [0.3, 0.4) is 0 Å². The summed E-state index contributed by atoms with van der Waals surface area (Å²) in [6.07, 6.45) is 15.7. The molecule has 2 amide bonds. The van der Waals surface area contributed by atoms with E-state index >= 15 is 0 Å². The molecule has 5 heterocycles. The highest BCUT2D eigenvalue weighted by Crippen LogP contribution is 2.25. The second kappa shape index (κ2) is 14.0. The van der Waals surface area contributed by atoms with Gasteiger partial charge in [-0.3, -0.25) is 29.5 Å². The van der Waals surface area contributed by atoms with Crippen LogP contribution in [-0.4, -0.2) is 36.7 Å². The Balaban J connectivity index is 1.15. The van der Waals surface area contributed by atoms with Gasteiger partial charge in [0.05, 0.1) is 42.4 Å². The van der Waals surface area contributed by atoms with Crippen molar-refractivity contribution in [2.45, 2.75) is 0 Å². The zero-order chi connectivity index (χ0) is 31.9. The lowest BCUT2D eigenvalue weighted by Gasteiger charge is -2.10. The van der Waals surface area contributed by atoms with Crippen LogP contribution in [0.1, 0.15) is 20.8 Å². The van der Waals surface area contributed by atoms with Gasteiger partial charge in [-0.2, -0.15) is 4.57 Å². The van der Waals surface area contributed by atoms with Gasteiger partial charge < -0.3 is 20.1 Å². The molecular weight excluding hydrogens is 720 g/mol. The number of halogens is 2. The zero-order valence-corrected chi connectivity index (χ0v) is 26.7. The first kappa shape index (κ1) is 30.4. The highest BCUT2D eigenvalue weighted by molar-refractivity contribution is 9.10. The highest BCUT2D eigenvalue weighted by Gasteiger charge is 2.15. The Morgan fingerprint density at radius 3 is 2.07 bits per heavy atom. The van der Waals surface area contributed by atoms with E-state index in [9.17, 15) is 9.59 Å². The van der Waals surface area contributed by atoms with Crippen LogP contribution in [0.25, 0.3) is 5.69 Å². The molecule has 5 aromatic heterocycles. The van der Waals surface area contributed by atoms with Crippen LogP contribution >= 0.6 is 31.9 Å². The van der Waals surface area contributed by atoms with Crippen molar-refractivity contribution in [2.75, 3.05) is 10.6 Å². The number of carbonyl (C=O) groups excluding carboxylic acids is 2. The van der Waals surface area contributed by atoms with Crippen molar-refractivity contribution in [1.82, 2.24) is 24.9 Å². The Morgan fingerprint density at radius 1 is 0.652 bits per heavy atom. The summed E-state index contributed by atoms with van der Waals surface area (Å²) in [6, 6.07) is 15.4. The molecule has 0 unspecified atom stereocenters. The van der Waals surface area contributed by atoms with Crippen molar-refractivity contribution in [3.8, 4) is 28.7 Å². The average Bonchev–Trinajstić information content (AvgIpc) is 3.05. The number of nitrogens with zero attached hydrogens (tertiary/aromatic N) is 6. The predicted octanol–water partition coefficient (Wildman–Crippen LogP) is 6.55. The second-order valence-corrected chi connectivity index (χ2v) is 11.3. The van der Waals surface area contributed by atoms with Crippen LogP contribution in [0.2, 0.25) is 0 Å². The van der Waals surface area contributed by atoms with Crippen LogP contribution in [0, 0.1) is 0 Å². The molecule has 14 heteroatoms. The lowest BCUT2D eigenvalue weighted by atomic mass is 10.2. The van der Waals surface area contributed by atoms with Crippen molar-refractivity contribution in [3.63, 3.8) is 0 Å². The van der Waals surface area contributed by atoms with Gasteiger partial charge in [0.1, 0.15) is 34.8 Å². The van der Waals surface area contributed by atoms with Crippen molar-refractivity contribution >= 4 is 55.0 Å². The molecule has 1 aromatic carbocycles. The van der Waals surface area contributed by atoms with Gasteiger partial charge in [-0.1, -0.05) is 36.8 Å². The Kier molecular flexibility index (Phi) is 9.27. The van der Waals surface area contributed by atoms with E-state index in [1.165, 1.54) is 31.0 Å². The summed E-state index contributed by atoms with van der Waals surface area (Å²) in [5, 5.41) is 5.62. The van der Waals surface area contributed by atoms with E-state index < -0.39 is 5.91 Å². The third kappa shape index (κ3) is 7.91. The number of hydrogen-bond acceptors (Lipinski definition) is 9. The van der Waals surface area contributed by atoms with Crippen molar-refractivity contribution in [3.05, 3.63) is 137 Å². The van der Waals surface area contributed by atoms with Crippen molar-refractivity contribution in [2.24, 2.45) is 0 Å². The molecule has 2 N–H and O–H groups in total. The van der Waals surface area contributed by atoms with Crippen LogP contribution in [0.5, 0.6) is 23.0 Å². The van der Waals surface area contributed by atoms with Crippen molar-refractivity contribution < 1.29 is 23.6 Å². The van der Waals surface area contributed by atoms with E-state index in [2.05, 4.69) is 67.4 Å². The van der Waals surface area contributed by atoms with Gasteiger partial charge in [0.2, 0.25) is 5.75 Å². The van der Waals surface area contributed by atoms with Gasteiger partial charge >= 0.3 is 0 Å². The Hall–Kier alpha value is -5.60. The number of benzene rings is 1. The van der Waals surface area contributed by atoms with Gasteiger partial charge in [0.15, 0.2) is 6.20 Å². The predicted molar refractivity (Wildman–Crippen MR) is 174 cm³/mol. The maximum absolute atomic E-state index is 13.2. The molecule has 226 valence electrons. The van der Waals surface area contributed by atoms with Crippen molar-refractivity contribution in [1.29, 1.82) is 0 Å². The number of anilines is 2. The summed E-state index contributed by atoms with van der Waals surface area (Å²) < 4.78 is 14.9. The standard InChI is InChI=1S/C32H20Br2N8O4/c33-21-3-5-39-30(9-21)32(44)41-24-11-28(16-37-13-24)46-29-17-38-19-42(18-29)25-7-20(6-22(34)8-25)31(43)40-23-10-27(15-36-12-23)45-26-2-1-4-35-14-26/h1-19H,(H-,40,41,43,44)/p+1. The monoisotopic (exact) mass is 739 g/mol. The molecule has 12 nitrogen and oxygen atoms in total. The molecule has 0 bridgehead atoms. The molecule has 0 aliphatic rings. The van der Waals surface area contributed by atoms with Gasteiger partial charge in [-0.05, 0) is 42.5 Å². The van der Waals surface area contributed by atoms with Crippen LogP contribution in [0.4, 0.5) is 11.4 Å². The van der Waals surface area contributed by atoms with Crippen LogP contribution < -0.4 is 24.7 Å². The number of carbonyl (C=O) groups is 2. The third-order valence-corrected chi connectivity index (χ3v) is 7.06. The number of amides is 2. The summed E-state index contributed by atoms with van der Waals surface area (Å²) in [7, 11) is 0. The van der Waals surface area contributed by atoms with Gasteiger partial charge in [-0.25, -0.2) is 0 Å². The Morgan fingerprint density at radius 2 is 1.35 bits per heavy atom. The Bertz CT molecular complexity index is 2050. The number of aromatic nitrogens is 6. The smallest absolute Gasteiger partial charge is 0.291 e. The lowest BCUT2D eigenvalue weighted by Crippen LogP contribution is -2.31. The quantitative estimate of drug-likeness (QED) is 0.158. The third-order valence-electron chi connectivity index (χ3n) is 6.10. The average molecular weight is 741 g/mol. The minimum Gasteiger partial charge on any atom is -0.454 e. The Labute approximate surface area is 278 Å². The maximum Gasteiger partial charge on any atom is 0.291 e. The molecule has 0 spiro atoms. The molecule has 0 saturated heterocycles. The molecule has 0 aliphatic carbocycles. The fourth-order valence-corrected chi connectivity index (χ4v) is 4.94. The molecule has 6 aromatic rings. The molecule has 0 saturated carbocycles. The van der Waals surface area contributed by atoms with E-state index in [1.807, 2.05) is 6.07 Å². The largest absolute Gasteiger partial charge is 0.454 e. The fourth-order valence-electron chi connectivity index (χ4n) is 4.12. The van der Waals surface area contributed by atoms with Crippen LogP contribution in [0.15, 0.2) is 126 Å². The number of nitrogens with one attached hydrogen (secondary N) is 2. The van der Waals surface area contributed by atoms with E-state index in [1.54, 1.807) is 84.2 Å². The zero-order valence-electron chi connectivity index (χ0n) is 23.5. The lowest BCUT2D eigenvalue weighted by molar-refractivity contribution is -0.599. The van der Waals surface area contributed by atoms with Gasteiger partial charge in [-0.15, -0.1) is 0 Å². The SMILES string of the molecule is O=C(Nc1cncc(Oc2cccnc2)c1)c1cc(Br)cc(-[n+]2cncc(Oc3cncc(NC(=O)c4cc(Br)ccn4)c3)c2)c1. The van der Waals surface area contributed by atoms with E-state index in [0.29, 0.717) is 50.1 Å². The number of rotatable bonds is 9. The minimum atomic E-state index is -0.393. The summed E-state index contributed by atoms with van der Waals surface area (Å²) >= 11 is 6.84. The first-order valence-electron chi connectivity index (χ1n) is 13.5. The van der Waals surface area contributed by atoms with E-state index in [-0.39, 0.29) is 11.6 Å². The number of ether oxygens (including phenoxy) is 2. The topological polar surface area (TPSA) is 145 Å². The summed E-state index contributed by atoms with van der Waals surface area (Å²) in [6.45, 7) is 0. The van der Waals surface area contributed by atoms with Gasteiger partial charge in [0, 0.05) is 39.0 Å². The molecule has 0 fully saturated rings. The van der Waals surface area contributed by atoms with E-state index in [4.69, 9.17) is 9.47 Å². The second-order valence-electron chi connectivity index (χ2n) is 9.51. The fraction of sp³-hybridized carbons (Fsp3) is 0. The minimum absolute atomic E-state index is 0.246. The molecule has 0 atom stereocenters. The van der Waals surface area contributed by atoms with E-state index in [0.717, 1.165) is 4.47 Å². The maximum atomic E-state index is 13.2. The number of pyridine rings is 4. The highest BCUT2D eigenvalue weighted by atomic mass is 79.9. The first-order valence-corrected chi connectivity index (χ1v) is 15.0. The first-order chi connectivity index (χ1) is 22.4. The molecule has 6 rings (SSSR count). The van der Waals surface area contributed by atoms with Crippen LogP contribution in [-0.2, 0) is 0 Å². The molecule has 46 heavy (non-hydrogen) atoms. The summed E-state index contributed by atoms with van der Waals surface area (Å²) in [5.74, 6) is 1.01. The normalized spacial score (nSPS) is 10.6.